The van der Waals surface area contributed by atoms with Crippen LogP contribution in [0.4, 0.5) is 0 Å². The fraction of sp³-hybridized carbons (Fsp3) is 0.714. The molecule has 1 aromatic heterocycles. The molecular formula is C14H19N3O2S. The summed E-state index contributed by atoms with van der Waals surface area (Å²) < 4.78 is 5.52. The van der Waals surface area contributed by atoms with Crippen molar-refractivity contribution in [2.45, 2.75) is 37.4 Å². The lowest BCUT2D eigenvalue weighted by Crippen LogP contribution is -2.43. The van der Waals surface area contributed by atoms with Crippen molar-refractivity contribution >= 4 is 17.2 Å². The summed E-state index contributed by atoms with van der Waals surface area (Å²) in [6.45, 7) is 3.73. The van der Waals surface area contributed by atoms with Gasteiger partial charge in [-0.3, -0.25) is 9.69 Å². The molecule has 0 spiro atoms. The van der Waals surface area contributed by atoms with Gasteiger partial charge in [-0.2, -0.15) is 0 Å². The third kappa shape index (κ3) is 1.98. The van der Waals surface area contributed by atoms with Crippen LogP contribution in [0.2, 0.25) is 0 Å². The molecule has 0 aromatic carbocycles. The molecule has 108 valence electrons. The zero-order valence-corrected chi connectivity index (χ0v) is 12.2. The zero-order chi connectivity index (χ0) is 13.5. The number of ether oxygens (including phenoxy) is 1. The third-order valence-corrected chi connectivity index (χ3v) is 5.49. The van der Waals surface area contributed by atoms with Crippen molar-refractivity contribution in [2.24, 2.45) is 0 Å². The minimum atomic E-state index is 0.114. The van der Waals surface area contributed by atoms with Gasteiger partial charge in [0, 0.05) is 43.2 Å². The summed E-state index contributed by atoms with van der Waals surface area (Å²) in [5.41, 5.74) is 2.34. The van der Waals surface area contributed by atoms with E-state index in [9.17, 15) is 4.79 Å². The average molecular weight is 293 g/mol. The molecule has 5 nitrogen and oxygen atoms in total. The molecule has 3 aliphatic rings. The Morgan fingerprint density at radius 2 is 2.20 bits per heavy atom. The van der Waals surface area contributed by atoms with E-state index in [4.69, 9.17) is 4.74 Å². The van der Waals surface area contributed by atoms with Crippen LogP contribution >= 0.6 is 11.3 Å². The molecule has 4 heterocycles. The molecule has 0 aliphatic carbocycles. The van der Waals surface area contributed by atoms with Gasteiger partial charge in [0.15, 0.2) is 0 Å². The standard InChI is InChI=1S/C14H19N3O2S/c18-14(11-8-20-9-15-11)17-5-2-12-13(17)1-4-16(12)10-3-6-19-7-10/h8-10,12-13H,1-7H2/t10-,12-,13+/m1/s1. The molecule has 0 unspecified atom stereocenters. The Morgan fingerprint density at radius 3 is 2.95 bits per heavy atom. The smallest absolute Gasteiger partial charge is 0.273 e. The van der Waals surface area contributed by atoms with Crippen LogP contribution in [0.15, 0.2) is 10.9 Å². The van der Waals surface area contributed by atoms with Crippen molar-refractivity contribution < 1.29 is 9.53 Å². The van der Waals surface area contributed by atoms with Crippen LogP contribution in [0, 0.1) is 0 Å². The van der Waals surface area contributed by atoms with E-state index < -0.39 is 0 Å². The molecule has 1 amide bonds. The number of hydrogen-bond acceptors (Lipinski definition) is 5. The van der Waals surface area contributed by atoms with E-state index in [0.29, 0.717) is 23.8 Å². The van der Waals surface area contributed by atoms with Crippen LogP contribution in [-0.2, 0) is 4.74 Å². The maximum atomic E-state index is 12.5. The van der Waals surface area contributed by atoms with Crippen molar-refractivity contribution in [1.82, 2.24) is 14.8 Å². The van der Waals surface area contributed by atoms with E-state index in [0.717, 1.165) is 45.6 Å². The SMILES string of the molecule is O=C(c1cscn1)N1CC[C@@H]2[C@@H]1CCN2[C@@H]1CCOC1. The van der Waals surface area contributed by atoms with Gasteiger partial charge in [-0.25, -0.2) is 4.98 Å². The number of rotatable bonds is 2. The summed E-state index contributed by atoms with van der Waals surface area (Å²) in [5, 5.41) is 1.85. The number of amides is 1. The second kappa shape index (κ2) is 5.09. The summed E-state index contributed by atoms with van der Waals surface area (Å²) >= 11 is 1.49. The number of aromatic nitrogens is 1. The van der Waals surface area contributed by atoms with Crippen LogP contribution in [0.3, 0.4) is 0 Å². The molecule has 3 saturated heterocycles. The highest BCUT2D eigenvalue weighted by Crippen LogP contribution is 2.35. The van der Waals surface area contributed by atoms with Crippen LogP contribution in [-0.4, -0.2) is 65.1 Å². The van der Waals surface area contributed by atoms with Gasteiger partial charge in [0.25, 0.3) is 5.91 Å². The lowest BCUT2D eigenvalue weighted by Gasteiger charge is -2.29. The molecule has 1 aromatic rings. The van der Waals surface area contributed by atoms with Gasteiger partial charge in [0.1, 0.15) is 5.69 Å². The van der Waals surface area contributed by atoms with Gasteiger partial charge in [0.2, 0.25) is 0 Å². The van der Waals surface area contributed by atoms with E-state index in [1.807, 2.05) is 5.38 Å². The lowest BCUT2D eigenvalue weighted by atomic mass is 10.1. The molecule has 0 bridgehead atoms. The fourth-order valence-corrected chi connectivity index (χ4v) is 4.50. The number of carbonyl (C=O) groups excluding carboxylic acids is 1. The van der Waals surface area contributed by atoms with E-state index in [1.165, 1.54) is 11.3 Å². The monoisotopic (exact) mass is 293 g/mol. The van der Waals surface area contributed by atoms with E-state index in [-0.39, 0.29) is 5.91 Å². The van der Waals surface area contributed by atoms with Gasteiger partial charge in [-0.15, -0.1) is 11.3 Å². The Bertz CT molecular complexity index is 487. The molecule has 0 N–H and O–H groups in total. The van der Waals surface area contributed by atoms with Crippen molar-refractivity contribution in [2.75, 3.05) is 26.3 Å². The van der Waals surface area contributed by atoms with Crippen molar-refractivity contribution in [3.05, 3.63) is 16.6 Å². The van der Waals surface area contributed by atoms with Gasteiger partial charge in [-0.1, -0.05) is 0 Å². The fourth-order valence-electron chi connectivity index (χ4n) is 3.97. The lowest BCUT2D eigenvalue weighted by molar-refractivity contribution is 0.0721. The number of carbonyl (C=O) groups is 1. The predicted molar refractivity (Wildman–Crippen MR) is 75.9 cm³/mol. The topological polar surface area (TPSA) is 45.7 Å². The number of likely N-dealkylation sites (tertiary alicyclic amines) is 2. The molecule has 0 saturated carbocycles. The first-order valence-corrected chi connectivity index (χ1v) is 8.31. The first-order valence-electron chi connectivity index (χ1n) is 7.37. The molecule has 0 radical (unpaired) electrons. The summed E-state index contributed by atoms with van der Waals surface area (Å²) in [4.78, 5) is 21.3. The average Bonchev–Trinajstić information content (AvgIpc) is 3.21. The minimum Gasteiger partial charge on any atom is -0.380 e. The van der Waals surface area contributed by atoms with Crippen LogP contribution < -0.4 is 0 Å². The Balaban J connectivity index is 1.49. The van der Waals surface area contributed by atoms with Gasteiger partial charge in [0.05, 0.1) is 12.1 Å². The maximum absolute atomic E-state index is 12.5. The molecular weight excluding hydrogens is 274 g/mol. The number of nitrogens with zero attached hydrogens (tertiary/aromatic N) is 3. The molecule has 3 fully saturated rings. The molecule has 4 rings (SSSR count). The van der Waals surface area contributed by atoms with E-state index in [1.54, 1.807) is 5.51 Å². The Hall–Kier alpha value is -0.980. The zero-order valence-electron chi connectivity index (χ0n) is 11.4. The highest BCUT2D eigenvalue weighted by molar-refractivity contribution is 7.07. The first-order chi connectivity index (χ1) is 9.84. The number of thiazole rings is 1. The predicted octanol–water partition coefficient (Wildman–Crippen LogP) is 1.22. The van der Waals surface area contributed by atoms with E-state index >= 15 is 0 Å². The Labute approximate surface area is 122 Å². The molecule has 3 aliphatic heterocycles. The summed E-state index contributed by atoms with van der Waals surface area (Å²) in [6.07, 6.45) is 3.33. The largest absolute Gasteiger partial charge is 0.380 e. The van der Waals surface area contributed by atoms with Crippen molar-refractivity contribution in [3.63, 3.8) is 0 Å². The molecule has 6 heteroatoms. The number of fused-ring (bicyclic) bond motifs is 1. The Kier molecular flexibility index (Phi) is 3.24. The minimum absolute atomic E-state index is 0.114. The maximum Gasteiger partial charge on any atom is 0.273 e. The Morgan fingerprint density at radius 1 is 1.30 bits per heavy atom. The van der Waals surface area contributed by atoms with Crippen LogP contribution in [0.5, 0.6) is 0 Å². The molecule has 20 heavy (non-hydrogen) atoms. The van der Waals surface area contributed by atoms with Crippen LogP contribution in [0.1, 0.15) is 29.8 Å². The second-order valence-corrected chi connectivity index (χ2v) is 6.56. The summed E-state index contributed by atoms with van der Waals surface area (Å²) in [5.74, 6) is 0.114. The normalized spacial score (nSPS) is 33.8. The van der Waals surface area contributed by atoms with Crippen molar-refractivity contribution in [1.29, 1.82) is 0 Å². The highest BCUT2D eigenvalue weighted by Gasteiger charge is 2.47. The second-order valence-electron chi connectivity index (χ2n) is 5.84. The summed E-state index contributed by atoms with van der Waals surface area (Å²) in [6, 6.07) is 1.48. The highest BCUT2D eigenvalue weighted by atomic mass is 32.1. The summed E-state index contributed by atoms with van der Waals surface area (Å²) in [7, 11) is 0. The third-order valence-electron chi connectivity index (χ3n) is 4.91. The first kappa shape index (κ1) is 12.7. The van der Waals surface area contributed by atoms with Crippen molar-refractivity contribution in [3.8, 4) is 0 Å². The quantitative estimate of drug-likeness (QED) is 0.822. The van der Waals surface area contributed by atoms with Gasteiger partial charge >= 0.3 is 0 Å². The van der Waals surface area contributed by atoms with Crippen LogP contribution in [0.25, 0.3) is 0 Å². The molecule has 3 atom stereocenters. The van der Waals surface area contributed by atoms with Gasteiger partial charge < -0.3 is 9.64 Å². The van der Waals surface area contributed by atoms with Gasteiger partial charge in [-0.05, 0) is 19.3 Å². The number of hydrogen-bond donors (Lipinski definition) is 0. The van der Waals surface area contributed by atoms with E-state index in [2.05, 4.69) is 14.8 Å².